The predicted octanol–water partition coefficient (Wildman–Crippen LogP) is -6.14. The molecule has 2 aliphatic heterocycles. The van der Waals surface area contributed by atoms with E-state index in [4.69, 9.17) is 41.9 Å². The molecule has 1 amide bonds. The van der Waals surface area contributed by atoms with E-state index in [1.807, 2.05) is 0 Å². The van der Waals surface area contributed by atoms with Gasteiger partial charge in [-0.2, -0.15) is 0 Å². The molecule has 6 unspecified atom stereocenters. The van der Waals surface area contributed by atoms with Gasteiger partial charge in [0.1, 0.15) is 36.1 Å². The van der Waals surface area contributed by atoms with Crippen LogP contribution in [0.4, 0.5) is 0 Å². The number of aliphatic hydroxyl groups is 5. The fraction of sp³-hybridized carbons (Fsp3) is 0.957. The summed E-state index contributed by atoms with van der Waals surface area (Å²) in [5, 5.41) is 57.7. The number of aliphatic hydroxyl groups excluding tert-OH is 4. The molecule has 2 saturated heterocycles. The zero-order valence-corrected chi connectivity index (χ0v) is 22.3. The van der Waals surface area contributed by atoms with Gasteiger partial charge in [-0.3, -0.25) is 4.79 Å². The highest BCUT2D eigenvalue weighted by Gasteiger charge is 2.52. The van der Waals surface area contributed by atoms with Crippen LogP contribution in [0, 0.1) is 0 Å². The number of amides is 1. The number of carbonyl (C=O) groups is 1. The van der Waals surface area contributed by atoms with Crippen LogP contribution in [0.1, 0.15) is 26.2 Å². The third kappa shape index (κ3) is 7.41. The zero-order chi connectivity index (χ0) is 29.1. The van der Waals surface area contributed by atoms with Crippen molar-refractivity contribution >= 4 is 5.91 Å². The lowest BCUT2D eigenvalue weighted by Gasteiger charge is -2.49. The minimum Gasteiger partial charge on any atom is -0.395 e. The summed E-state index contributed by atoms with van der Waals surface area (Å²) in [7, 11) is 1.56. The number of carbonyl (C=O) groups excluding carboxylic acids is 1. The van der Waals surface area contributed by atoms with Crippen LogP contribution >= 0.6 is 0 Å². The maximum atomic E-state index is 12.7. The highest BCUT2D eigenvalue weighted by Crippen LogP contribution is 2.32. The van der Waals surface area contributed by atoms with Crippen molar-refractivity contribution in [1.29, 1.82) is 0 Å². The lowest BCUT2D eigenvalue weighted by Crippen LogP contribution is -2.70. The van der Waals surface area contributed by atoms with E-state index in [-0.39, 0.29) is 25.7 Å². The topological polar surface area (TPSA) is 283 Å². The van der Waals surface area contributed by atoms with Crippen molar-refractivity contribution in [3.8, 4) is 0 Å². The Kier molecular flexibility index (Phi) is 11.4. The van der Waals surface area contributed by atoms with Crippen molar-refractivity contribution in [1.82, 2.24) is 10.6 Å². The molecule has 0 aromatic heterocycles. The SMILES string of the molecule is CN[C@@H]1C(O)[C@@H](OC2C(O)C(O[C@H]3O[C@H](CN)CCC3N)[C@@H](N)C[C@H]2NC(=O)[C@@H](O)[C@H](N)CO)OCC1(C)O. The van der Waals surface area contributed by atoms with Crippen molar-refractivity contribution in [2.24, 2.45) is 22.9 Å². The van der Waals surface area contributed by atoms with Crippen LogP contribution in [-0.4, -0.2) is 143 Å². The van der Waals surface area contributed by atoms with Crippen molar-refractivity contribution in [3.05, 3.63) is 0 Å². The molecule has 3 aliphatic rings. The monoisotopic (exact) mass is 566 g/mol. The summed E-state index contributed by atoms with van der Waals surface area (Å²) in [6, 6.07) is -4.42. The summed E-state index contributed by atoms with van der Waals surface area (Å²) in [6.45, 7) is 0.908. The Morgan fingerprint density at radius 1 is 1.13 bits per heavy atom. The summed E-state index contributed by atoms with van der Waals surface area (Å²) in [6.07, 6.45) is -8.19. The Morgan fingerprint density at radius 3 is 2.41 bits per heavy atom. The molecule has 0 aromatic carbocycles. The molecule has 1 aliphatic carbocycles. The van der Waals surface area contributed by atoms with E-state index in [2.05, 4.69) is 10.6 Å². The Hall–Kier alpha value is -1.09. The smallest absolute Gasteiger partial charge is 0.250 e. The Bertz CT molecular complexity index is 798. The van der Waals surface area contributed by atoms with Crippen LogP contribution in [0.5, 0.6) is 0 Å². The summed E-state index contributed by atoms with van der Waals surface area (Å²) in [5.41, 5.74) is 22.5. The summed E-state index contributed by atoms with van der Waals surface area (Å²) in [5.74, 6) is -0.918. The van der Waals surface area contributed by atoms with Crippen LogP contribution in [-0.2, 0) is 23.7 Å². The van der Waals surface area contributed by atoms with Gasteiger partial charge in [0.15, 0.2) is 12.6 Å². The molecule has 0 aromatic rings. The van der Waals surface area contributed by atoms with E-state index >= 15 is 0 Å². The van der Waals surface area contributed by atoms with Crippen molar-refractivity contribution < 1.29 is 49.3 Å². The maximum Gasteiger partial charge on any atom is 0.250 e. The summed E-state index contributed by atoms with van der Waals surface area (Å²) in [4.78, 5) is 12.7. The second-order valence-corrected chi connectivity index (χ2v) is 10.9. The van der Waals surface area contributed by atoms with E-state index in [1.54, 1.807) is 7.05 Å². The normalized spacial score (nSPS) is 44.9. The van der Waals surface area contributed by atoms with Gasteiger partial charge in [-0.15, -0.1) is 0 Å². The average molecular weight is 567 g/mol. The third-order valence-corrected chi connectivity index (χ3v) is 7.72. The molecular formula is C23H46N6O10. The van der Waals surface area contributed by atoms with Gasteiger partial charge in [0.25, 0.3) is 5.91 Å². The van der Waals surface area contributed by atoms with Gasteiger partial charge >= 0.3 is 0 Å². The van der Waals surface area contributed by atoms with E-state index in [0.717, 1.165) is 0 Å². The van der Waals surface area contributed by atoms with Gasteiger partial charge in [-0.1, -0.05) is 0 Å². The van der Waals surface area contributed by atoms with Crippen LogP contribution in [0.15, 0.2) is 0 Å². The zero-order valence-electron chi connectivity index (χ0n) is 22.3. The number of hydrogen-bond donors (Lipinski definition) is 11. The molecule has 0 radical (unpaired) electrons. The molecule has 16 nitrogen and oxygen atoms in total. The number of likely N-dealkylation sites (N-methyl/N-ethyl adjacent to an activating group) is 1. The van der Waals surface area contributed by atoms with Gasteiger partial charge in [-0.05, 0) is 33.2 Å². The first-order valence-electron chi connectivity index (χ1n) is 13.2. The second-order valence-electron chi connectivity index (χ2n) is 10.9. The number of nitrogens with one attached hydrogen (secondary N) is 2. The lowest BCUT2D eigenvalue weighted by atomic mass is 9.83. The van der Waals surface area contributed by atoms with Gasteiger partial charge < -0.3 is 78.0 Å². The highest BCUT2D eigenvalue weighted by molar-refractivity contribution is 5.81. The van der Waals surface area contributed by atoms with Gasteiger partial charge in [0, 0.05) is 12.6 Å². The fourth-order valence-electron chi connectivity index (χ4n) is 5.35. The molecular weight excluding hydrogens is 520 g/mol. The van der Waals surface area contributed by atoms with Crippen molar-refractivity contribution in [2.45, 2.75) is 111 Å². The first-order valence-corrected chi connectivity index (χ1v) is 13.2. The predicted molar refractivity (Wildman–Crippen MR) is 135 cm³/mol. The molecule has 15 N–H and O–H groups in total. The second kappa shape index (κ2) is 13.7. The molecule has 14 atom stereocenters. The molecule has 1 saturated carbocycles. The molecule has 3 fully saturated rings. The van der Waals surface area contributed by atoms with Crippen molar-refractivity contribution in [3.63, 3.8) is 0 Å². The quantitative estimate of drug-likeness (QED) is 0.117. The van der Waals surface area contributed by atoms with Crippen LogP contribution < -0.4 is 33.6 Å². The Labute approximate surface area is 227 Å². The molecule has 16 heteroatoms. The molecule has 3 rings (SSSR count). The molecule has 0 spiro atoms. The standard InChI is InChI=1S/C23H46N6O10/c1-23(35)8-36-22(16(33)19(23)28-2)39-18-13(29-20(34)14(31)12(27)7-30)5-11(26)17(15(18)32)38-21-10(25)4-3-9(6-24)37-21/h9-19,21-22,28,30-33,35H,3-8,24-27H2,1-2H3,(H,29,34)/t9-,10?,11-,12+,13+,14-,15?,16?,17?,18?,19+,21+,22+,23?/m0/s1. The number of hydrogen-bond acceptors (Lipinski definition) is 15. The largest absolute Gasteiger partial charge is 0.395 e. The van der Waals surface area contributed by atoms with E-state index in [9.17, 15) is 30.3 Å². The Balaban J connectivity index is 1.83. The highest BCUT2D eigenvalue weighted by atomic mass is 16.7. The minimum absolute atomic E-state index is 0.0114. The summed E-state index contributed by atoms with van der Waals surface area (Å²) < 4.78 is 23.5. The summed E-state index contributed by atoms with van der Waals surface area (Å²) >= 11 is 0. The lowest BCUT2D eigenvalue weighted by molar-refractivity contribution is -0.307. The van der Waals surface area contributed by atoms with E-state index < -0.39 is 91.4 Å². The molecule has 2 heterocycles. The van der Waals surface area contributed by atoms with Crippen LogP contribution in [0.25, 0.3) is 0 Å². The molecule has 0 bridgehead atoms. The van der Waals surface area contributed by atoms with Gasteiger partial charge in [0.2, 0.25) is 0 Å². The third-order valence-electron chi connectivity index (χ3n) is 7.72. The minimum atomic E-state index is -1.75. The number of ether oxygens (including phenoxy) is 4. The van der Waals surface area contributed by atoms with Crippen LogP contribution in [0.3, 0.4) is 0 Å². The molecule has 39 heavy (non-hydrogen) atoms. The Morgan fingerprint density at radius 2 is 1.79 bits per heavy atom. The van der Waals surface area contributed by atoms with E-state index in [1.165, 1.54) is 6.92 Å². The maximum absolute atomic E-state index is 12.7. The van der Waals surface area contributed by atoms with Crippen molar-refractivity contribution in [2.75, 3.05) is 26.8 Å². The fourth-order valence-corrected chi connectivity index (χ4v) is 5.35. The first-order chi connectivity index (χ1) is 18.3. The number of nitrogens with two attached hydrogens (primary N) is 4. The molecule has 228 valence electrons. The van der Waals surface area contributed by atoms with E-state index in [0.29, 0.717) is 12.8 Å². The van der Waals surface area contributed by atoms with Gasteiger partial charge in [0.05, 0.1) is 43.5 Å². The van der Waals surface area contributed by atoms with Crippen LogP contribution in [0.2, 0.25) is 0 Å². The average Bonchev–Trinajstić information content (AvgIpc) is 2.89. The number of rotatable bonds is 10. The first kappa shape index (κ1) is 32.4. The van der Waals surface area contributed by atoms with Gasteiger partial charge in [-0.25, -0.2) is 0 Å².